The van der Waals surface area contributed by atoms with Crippen molar-refractivity contribution in [2.45, 2.75) is 96.9 Å². The molecule has 324 valence electrons. The Bertz CT molecular complexity index is 1750. The van der Waals surface area contributed by atoms with Crippen LogP contribution in [0.3, 0.4) is 0 Å². The number of likely N-dealkylation sites (tertiary alicyclic amines) is 2. The molecule has 0 aromatic heterocycles. The minimum absolute atomic E-state index is 0.138. The normalized spacial score (nSPS) is 16.8. The second kappa shape index (κ2) is 20.0. The number of hydrogen-bond donors (Lipinski definition) is 4. The Balaban J connectivity index is 1.45. The number of aliphatic hydroxyl groups excluding tert-OH is 2. The number of methoxy groups -OCH3 is 2. The van der Waals surface area contributed by atoms with Crippen LogP contribution in [0.15, 0.2) is 48.6 Å². The van der Waals surface area contributed by atoms with Gasteiger partial charge in [-0.2, -0.15) is 0 Å². The predicted molar refractivity (Wildman–Crippen MR) is 222 cm³/mol. The van der Waals surface area contributed by atoms with Crippen molar-refractivity contribution < 1.29 is 57.8 Å². The lowest BCUT2D eigenvalue weighted by atomic mass is 10.1. The van der Waals surface area contributed by atoms with Gasteiger partial charge < -0.3 is 48.4 Å². The van der Waals surface area contributed by atoms with Crippen molar-refractivity contribution in [3.05, 3.63) is 59.7 Å². The van der Waals surface area contributed by atoms with Gasteiger partial charge in [0, 0.05) is 25.2 Å². The first-order valence-corrected chi connectivity index (χ1v) is 19.6. The van der Waals surface area contributed by atoms with Crippen molar-refractivity contribution in [2.75, 3.05) is 64.4 Å². The van der Waals surface area contributed by atoms with E-state index in [0.29, 0.717) is 43.6 Å². The number of nitrogens with zero attached hydrogens (tertiary/aromatic N) is 2. The maximum Gasteiger partial charge on any atom is 0.412 e. The minimum atomic E-state index is -0.792. The van der Waals surface area contributed by atoms with Crippen molar-refractivity contribution in [3.63, 3.8) is 0 Å². The Morgan fingerprint density at radius 3 is 1.34 bits per heavy atom. The van der Waals surface area contributed by atoms with Crippen LogP contribution < -0.4 is 29.6 Å². The van der Waals surface area contributed by atoms with Crippen LogP contribution in [0.25, 0.3) is 0 Å². The van der Waals surface area contributed by atoms with Crippen LogP contribution >= 0.6 is 0 Å². The number of ether oxygens (including phenoxy) is 6. The Hall–Kier alpha value is -5.48. The molecule has 2 saturated heterocycles. The number of hydrogen-bond acceptors (Lipinski definition) is 12. The molecule has 2 fully saturated rings. The molecule has 0 bridgehead atoms. The van der Waals surface area contributed by atoms with Crippen LogP contribution in [0, 0.1) is 0 Å². The zero-order valence-electron chi connectivity index (χ0n) is 35.5. The third-order valence-electron chi connectivity index (χ3n) is 9.30. The highest BCUT2D eigenvalue weighted by atomic mass is 16.6. The molecule has 4 N–H and O–H groups in total. The molecule has 2 aliphatic rings. The van der Waals surface area contributed by atoms with E-state index >= 15 is 0 Å². The molecule has 16 nitrogen and oxygen atoms in total. The second-order valence-corrected chi connectivity index (χ2v) is 16.6. The standard InChI is InChI=1S/C43H60N4O12/c1-26-16-28(24-48)46(22-26)38(50)30-18-34(54-9)36(20-32(30)44-40(52)58-42(3,4)5)56-14-12-11-13-15-57-37-21-33(45-41(53)59-43(6,7)8)31(19-35(37)55-10)39(51)47-23-27(2)17-29(47)25-49/h18-21,28-29,48-49H,1-2,11-17,22-25H2,3-10H3,(H,44,52)(H,45,53)/t28-,29-/m0/s1. The average molecular weight is 825 g/mol. The minimum Gasteiger partial charge on any atom is -0.493 e. The number of unbranched alkanes of at least 4 members (excludes halogenated alkanes) is 2. The van der Waals surface area contributed by atoms with E-state index in [0.717, 1.165) is 11.1 Å². The summed E-state index contributed by atoms with van der Waals surface area (Å²) in [6, 6.07) is 5.14. The number of nitrogens with one attached hydrogen (secondary N) is 2. The summed E-state index contributed by atoms with van der Waals surface area (Å²) in [5.74, 6) is 0.301. The number of aliphatic hydroxyl groups is 2. The summed E-state index contributed by atoms with van der Waals surface area (Å²) in [6.07, 6.45) is 1.29. The first-order chi connectivity index (χ1) is 27.8. The third-order valence-corrected chi connectivity index (χ3v) is 9.30. The predicted octanol–water partition coefficient (Wildman–Crippen LogP) is 6.55. The maximum absolute atomic E-state index is 13.8. The zero-order valence-corrected chi connectivity index (χ0v) is 35.5. The fraction of sp³-hybridized carbons (Fsp3) is 0.535. The molecule has 59 heavy (non-hydrogen) atoms. The topological polar surface area (TPSA) is 195 Å². The van der Waals surface area contributed by atoms with Crippen molar-refractivity contribution in [1.82, 2.24) is 9.80 Å². The van der Waals surface area contributed by atoms with Crippen molar-refractivity contribution in [3.8, 4) is 23.0 Å². The quantitative estimate of drug-likeness (QED) is 0.106. The van der Waals surface area contributed by atoms with Crippen LogP contribution in [0.4, 0.5) is 21.0 Å². The van der Waals surface area contributed by atoms with Gasteiger partial charge in [0.1, 0.15) is 11.2 Å². The van der Waals surface area contributed by atoms with Crippen LogP contribution in [0.2, 0.25) is 0 Å². The fourth-order valence-electron chi connectivity index (χ4n) is 6.66. The zero-order chi connectivity index (χ0) is 43.7. The molecule has 16 heteroatoms. The number of carbonyl (C=O) groups is 4. The van der Waals surface area contributed by atoms with Crippen molar-refractivity contribution in [1.29, 1.82) is 0 Å². The van der Waals surface area contributed by atoms with Crippen LogP contribution in [-0.2, 0) is 9.47 Å². The Kier molecular flexibility index (Phi) is 15.7. The van der Waals surface area contributed by atoms with E-state index in [2.05, 4.69) is 23.8 Å². The molecule has 2 heterocycles. The summed E-state index contributed by atoms with van der Waals surface area (Å²) in [5, 5.41) is 25.2. The van der Waals surface area contributed by atoms with Crippen molar-refractivity contribution >= 4 is 35.4 Å². The Morgan fingerprint density at radius 1 is 0.644 bits per heavy atom. The number of rotatable bonds is 16. The molecule has 2 aromatic rings. The lowest BCUT2D eigenvalue weighted by Crippen LogP contribution is -2.38. The summed E-state index contributed by atoms with van der Waals surface area (Å²) < 4.78 is 34.3. The number of anilines is 2. The largest absolute Gasteiger partial charge is 0.493 e. The van der Waals surface area contributed by atoms with Crippen LogP contribution in [0.1, 0.15) is 94.4 Å². The summed E-state index contributed by atoms with van der Waals surface area (Å²) in [5.41, 5.74) is 0.621. The van der Waals surface area contributed by atoms with Crippen molar-refractivity contribution in [2.24, 2.45) is 0 Å². The Labute approximate surface area is 346 Å². The van der Waals surface area contributed by atoms with Gasteiger partial charge in [0.2, 0.25) is 0 Å². The molecule has 0 saturated carbocycles. The summed E-state index contributed by atoms with van der Waals surface area (Å²) in [6.45, 7) is 18.9. The summed E-state index contributed by atoms with van der Waals surface area (Å²) in [7, 11) is 2.90. The molecule has 2 atom stereocenters. The molecule has 0 spiro atoms. The molecule has 0 aliphatic carbocycles. The van der Waals surface area contributed by atoms with E-state index in [9.17, 15) is 29.4 Å². The SMILES string of the molecule is C=C1C[C@@H](CO)N(C(=O)c2cc(OC)c(OCCCCCOc3cc(NC(=O)OC(C)(C)C)c(C(=O)N4CC(=C)C[C@H]4CO)cc3OC)cc2NC(=O)OC(C)(C)C)C1. The molecule has 4 amide bonds. The van der Waals surface area contributed by atoms with Gasteiger partial charge in [-0.05, 0) is 85.8 Å². The maximum atomic E-state index is 13.8. The smallest absolute Gasteiger partial charge is 0.412 e. The van der Waals surface area contributed by atoms with Gasteiger partial charge >= 0.3 is 12.2 Å². The van der Waals surface area contributed by atoms with E-state index in [1.54, 1.807) is 41.5 Å². The summed E-state index contributed by atoms with van der Waals surface area (Å²) in [4.78, 5) is 56.3. The average Bonchev–Trinajstić information content (AvgIpc) is 3.73. The molecule has 0 unspecified atom stereocenters. The molecular weight excluding hydrogens is 764 g/mol. The number of carbonyl (C=O) groups excluding carboxylic acids is 4. The molecule has 2 aliphatic heterocycles. The van der Waals surface area contributed by atoms with E-state index < -0.39 is 47.3 Å². The fourth-order valence-corrected chi connectivity index (χ4v) is 6.66. The lowest BCUT2D eigenvalue weighted by Gasteiger charge is -2.25. The van der Waals surface area contributed by atoms with Crippen LogP contribution in [0.5, 0.6) is 23.0 Å². The monoisotopic (exact) mass is 824 g/mol. The summed E-state index contributed by atoms with van der Waals surface area (Å²) >= 11 is 0. The highest BCUT2D eigenvalue weighted by Crippen LogP contribution is 2.38. The van der Waals surface area contributed by atoms with E-state index in [4.69, 9.17) is 28.4 Å². The second-order valence-electron chi connectivity index (χ2n) is 16.6. The highest BCUT2D eigenvalue weighted by Gasteiger charge is 2.35. The van der Waals surface area contributed by atoms with Gasteiger partial charge in [0.15, 0.2) is 23.0 Å². The first kappa shape index (κ1) is 46.2. The molecule has 2 aromatic carbocycles. The molecule has 0 radical (unpaired) electrons. The van der Waals surface area contributed by atoms with Gasteiger partial charge in [0.25, 0.3) is 11.8 Å². The van der Waals surface area contributed by atoms with Gasteiger partial charge in [-0.15, -0.1) is 0 Å². The van der Waals surface area contributed by atoms with E-state index in [1.165, 1.54) is 48.3 Å². The third kappa shape index (κ3) is 12.8. The number of amides is 4. The van der Waals surface area contributed by atoms with Crippen LogP contribution in [-0.4, -0.2) is 121 Å². The number of benzene rings is 2. The van der Waals surface area contributed by atoms with E-state index in [-0.39, 0.29) is 73.5 Å². The first-order valence-electron chi connectivity index (χ1n) is 19.6. The van der Waals surface area contributed by atoms with Gasteiger partial charge in [-0.1, -0.05) is 24.3 Å². The van der Waals surface area contributed by atoms with Gasteiger partial charge in [0.05, 0.1) is 75.2 Å². The molecular formula is C43H60N4O12. The Morgan fingerprint density at radius 2 is 1.02 bits per heavy atom. The lowest BCUT2D eigenvalue weighted by molar-refractivity contribution is 0.0622. The van der Waals surface area contributed by atoms with Gasteiger partial charge in [-0.3, -0.25) is 20.2 Å². The van der Waals surface area contributed by atoms with E-state index in [1.807, 2.05) is 0 Å². The molecule has 4 rings (SSSR count). The van der Waals surface area contributed by atoms with Gasteiger partial charge in [-0.25, -0.2) is 9.59 Å². The highest BCUT2D eigenvalue weighted by molar-refractivity contribution is 6.05.